The van der Waals surface area contributed by atoms with Crippen molar-refractivity contribution in [3.63, 3.8) is 0 Å². The van der Waals surface area contributed by atoms with E-state index in [1.807, 2.05) is 4.90 Å². The first-order valence-corrected chi connectivity index (χ1v) is 12.6. The lowest BCUT2D eigenvalue weighted by atomic mass is 9.64. The van der Waals surface area contributed by atoms with E-state index in [0.29, 0.717) is 12.6 Å². The summed E-state index contributed by atoms with van der Waals surface area (Å²) in [6.45, 7) is 5.58. The lowest BCUT2D eigenvalue weighted by Crippen LogP contribution is -2.56. The van der Waals surface area contributed by atoms with Crippen LogP contribution in [0.1, 0.15) is 64.7 Å². The highest BCUT2D eigenvalue weighted by molar-refractivity contribution is 5.76. The van der Waals surface area contributed by atoms with E-state index in [2.05, 4.69) is 11.8 Å². The first-order chi connectivity index (χ1) is 15.8. The molecule has 3 saturated heterocycles. The second-order valence-corrected chi connectivity index (χ2v) is 10.6. The molecule has 0 N–H and O–H groups in total. The topological polar surface area (TPSA) is 62.3 Å². The zero-order valence-corrected chi connectivity index (χ0v) is 20.1. The van der Waals surface area contributed by atoms with Crippen LogP contribution < -0.4 is 0 Å². The fraction of sp³-hybridized carbons (Fsp3) is 0.917. The van der Waals surface area contributed by atoms with Gasteiger partial charge in [-0.2, -0.15) is 0 Å². The number of rotatable bonds is 7. The van der Waals surface area contributed by atoms with E-state index in [9.17, 15) is 18.4 Å². The summed E-state index contributed by atoms with van der Waals surface area (Å²) in [5.74, 6) is -3.38. The normalized spacial score (nSPS) is 32.8. The Morgan fingerprint density at radius 2 is 1.73 bits per heavy atom. The van der Waals surface area contributed by atoms with Crippen molar-refractivity contribution in [1.82, 2.24) is 14.7 Å². The van der Waals surface area contributed by atoms with Gasteiger partial charge in [0.25, 0.3) is 5.92 Å². The molecule has 1 spiro atoms. The van der Waals surface area contributed by atoms with Crippen molar-refractivity contribution in [1.29, 1.82) is 0 Å². The summed E-state index contributed by atoms with van der Waals surface area (Å²) >= 11 is 0. The minimum atomic E-state index is -2.83. The quantitative estimate of drug-likeness (QED) is 0.418. The Morgan fingerprint density at radius 3 is 2.39 bits per heavy atom. The molecule has 33 heavy (non-hydrogen) atoms. The molecular formula is C24H39F2N3O4. The Bertz CT molecular complexity index is 708. The van der Waals surface area contributed by atoms with Crippen LogP contribution in [0, 0.1) is 5.41 Å². The van der Waals surface area contributed by atoms with Crippen molar-refractivity contribution in [2.24, 2.45) is 5.41 Å². The van der Waals surface area contributed by atoms with Gasteiger partial charge in [-0.3, -0.25) is 9.69 Å². The molecule has 0 radical (unpaired) electrons. The fourth-order valence-electron chi connectivity index (χ4n) is 6.39. The van der Waals surface area contributed by atoms with E-state index in [1.54, 1.807) is 4.90 Å². The van der Waals surface area contributed by atoms with Gasteiger partial charge in [0, 0.05) is 31.6 Å². The summed E-state index contributed by atoms with van der Waals surface area (Å²) in [5, 5.41) is 0. The highest BCUT2D eigenvalue weighted by Gasteiger charge is 2.53. The summed E-state index contributed by atoms with van der Waals surface area (Å²) in [6.07, 6.45) is 7.30. The molecule has 1 atom stereocenters. The number of piperidine rings is 1. The van der Waals surface area contributed by atoms with Gasteiger partial charge in [0.2, 0.25) is 0 Å². The van der Waals surface area contributed by atoms with Gasteiger partial charge >= 0.3 is 12.1 Å². The third-order valence-electron chi connectivity index (χ3n) is 8.27. The predicted molar refractivity (Wildman–Crippen MR) is 119 cm³/mol. The lowest BCUT2D eigenvalue weighted by molar-refractivity contribution is -0.147. The van der Waals surface area contributed by atoms with Gasteiger partial charge in [-0.15, -0.1) is 0 Å². The summed E-state index contributed by atoms with van der Waals surface area (Å²) in [5.41, 5.74) is 0.219. The zero-order valence-electron chi connectivity index (χ0n) is 20.1. The lowest BCUT2D eigenvalue weighted by Gasteiger charge is -2.52. The first kappa shape index (κ1) is 24.6. The Hall–Kier alpha value is -1.48. The molecule has 4 rings (SSSR count). The van der Waals surface area contributed by atoms with Gasteiger partial charge in [-0.1, -0.05) is 19.8 Å². The number of esters is 1. The molecule has 7 nitrogen and oxygen atoms in total. The zero-order chi connectivity index (χ0) is 23.6. The highest BCUT2D eigenvalue weighted by Crippen LogP contribution is 2.50. The monoisotopic (exact) mass is 471 g/mol. The Labute approximate surface area is 195 Å². The molecule has 0 unspecified atom stereocenters. The number of methoxy groups -OCH3 is 1. The van der Waals surface area contributed by atoms with E-state index < -0.39 is 24.4 Å². The van der Waals surface area contributed by atoms with Crippen LogP contribution in [-0.4, -0.2) is 97.3 Å². The number of ether oxygens (including phenoxy) is 2. The summed E-state index contributed by atoms with van der Waals surface area (Å²) in [4.78, 5) is 30.4. The average Bonchev–Trinajstić information content (AvgIpc) is 3.37. The van der Waals surface area contributed by atoms with E-state index in [-0.39, 0.29) is 24.1 Å². The summed E-state index contributed by atoms with van der Waals surface area (Å²) in [7, 11) is 1.27. The molecule has 0 aromatic rings. The van der Waals surface area contributed by atoms with Crippen LogP contribution in [0.5, 0.6) is 0 Å². The second-order valence-electron chi connectivity index (χ2n) is 10.6. The number of halogens is 2. The minimum Gasteiger partial charge on any atom is -0.468 e. The molecule has 3 aliphatic heterocycles. The molecular weight excluding hydrogens is 432 g/mol. The van der Waals surface area contributed by atoms with Crippen LogP contribution in [-0.2, 0) is 14.3 Å². The van der Waals surface area contributed by atoms with Crippen LogP contribution in [0.2, 0.25) is 0 Å². The average molecular weight is 472 g/mol. The number of carbonyl (C=O) groups excluding carboxylic acids is 2. The van der Waals surface area contributed by atoms with Crippen LogP contribution in [0.4, 0.5) is 13.6 Å². The number of likely N-dealkylation sites (tertiary alicyclic amines) is 3. The fourth-order valence-corrected chi connectivity index (χ4v) is 6.39. The molecule has 1 saturated carbocycles. The molecule has 1 aliphatic carbocycles. The van der Waals surface area contributed by atoms with Crippen LogP contribution in [0.3, 0.4) is 0 Å². The maximum atomic E-state index is 14.0. The van der Waals surface area contributed by atoms with Gasteiger partial charge in [0.15, 0.2) is 0 Å². The molecule has 188 valence electrons. The summed E-state index contributed by atoms with van der Waals surface area (Å²) < 4.78 is 38.3. The van der Waals surface area contributed by atoms with Gasteiger partial charge in [-0.05, 0) is 57.0 Å². The third kappa shape index (κ3) is 5.45. The standard InChI is InChI=1S/C24H39F2N3O4/c1-3-4-5-12-33-22(31)28-11-8-23(16-28)13-19(14-23)27-9-6-18(7-10-27)29-17-24(25,26)15-20(29)21(30)32-2/h18-20H,3-17H2,1-2H3/t19?,20-,23?/m1/s1. The Balaban J connectivity index is 1.21. The molecule has 0 aromatic carbocycles. The molecule has 0 bridgehead atoms. The highest BCUT2D eigenvalue weighted by atomic mass is 19.3. The molecule has 4 aliphatic rings. The molecule has 9 heteroatoms. The van der Waals surface area contributed by atoms with E-state index >= 15 is 0 Å². The largest absolute Gasteiger partial charge is 0.468 e. The molecule has 1 amide bonds. The second kappa shape index (κ2) is 10.0. The number of unbranched alkanes of at least 4 members (excludes halogenated alkanes) is 2. The van der Waals surface area contributed by atoms with Crippen LogP contribution in [0.15, 0.2) is 0 Å². The SMILES string of the molecule is CCCCCOC(=O)N1CCC2(CC(N3CCC(N4CC(F)(F)C[C@@H]4C(=O)OC)CC3)C2)C1. The minimum absolute atomic E-state index is 0.00258. The van der Waals surface area contributed by atoms with E-state index in [4.69, 9.17) is 9.47 Å². The molecule has 3 heterocycles. The van der Waals surface area contributed by atoms with Crippen molar-refractivity contribution >= 4 is 12.1 Å². The number of nitrogens with zero attached hydrogens (tertiary/aromatic N) is 3. The van der Waals surface area contributed by atoms with Crippen molar-refractivity contribution in [2.45, 2.75) is 88.8 Å². The number of hydrogen-bond acceptors (Lipinski definition) is 6. The van der Waals surface area contributed by atoms with Crippen molar-refractivity contribution in [3.8, 4) is 0 Å². The van der Waals surface area contributed by atoms with E-state index in [0.717, 1.165) is 77.5 Å². The predicted octanol–water partition coefficient (Wildman–Crippen LogP) is 3.51. The van der Waals surface area contributed by atoms with E-state index in [1.165, 1.54) is 7.11 Å². The van der Waals surface area contributed by atoms with Crippen molar-refractivity contribution < 1.29 is 27.8 Å². The van der Waals surface area contributed by atoms with Crippen LogP contribution >= 0.6 is 0 Å². The maximum Gasteiger partial charge on any atom is 0.409 e. The van der Waals surface area contributed by atoms with Crippen molar-refractivity contribution in [2.75, 3.05) is 46.4 Å². The molecule has 4 fully saturated rings. The van der Waals surface area contributed by atoms with Gasteiger partial charge < -0.3 is 19.3 Å². The van der Waals surface area contributed by atoms with Crippen LogP contribution in [0.25, 0.3) is 0 Å². The van der Waals surface area contributed by atoms with Gasteiger partial charge in [0.1, 0.15) is 6.04 Å². The van der Waals surface area contributed by atoms with Gasteiger partial charge in [-0.25, -0.2) is 13.6 Å². The first-order valence-electron chi connectivity index (χ1n) is 12.6. The smallest absolute Gasteiger partial charge is 0.409 e. The van der Waals surface area contributed by atoms with Gasteiger partial charge in [0.05, 0.1) is 20.3 Å². The molecule has 0 aromatic heterocycles. The number of alkyl halides is 2. The number of amides is 1. The summed E-state index contributed by atoms with van der Waals surface area (Å²) in [6, 6.07) is -0.333. The number of carbonyl (C=O) groups is 2. The Morgan fingerprint density at radius 1 is 1.00 bits per heavy atom. The number of hydrogen-bond donors (Lipinski definition) is 0. The Kier molecular flexibility index (Phi) is 7.48. The van der Waals surface area contributed by atoms with Crippen molar-refractivity contribution in [3.05, 3.63) is 0 Å². The maximum absolute atomic E-state index is 14.0. The third-order valence-corrected chi connectivity index (χ3v) is 8.27.